The number of carbonyl (C=O) groups excluding carboxylic acids is 1. The van der Waals surface area contributed by atoms with Gasteiger partial charge in [-0.3, -0.25) is 4.79 Å². The van der Waals surface area contributed by atoms with Crippen LogP contribution in [0.25, 0.3) is 0 Å². The van der Waals surface area contributed by atoms with Crippen molar-refractivity contribution in [2.75, 3.05) is 32.2 Å². The molecule has 2 atom stereocenters. The zero-order valence-electron chi connectivity index (χ0n) is 16.9. The predicted molar refractivity (Wildman–Crippen MR) is 118 cm³/mol. The molecule has 168 valence electrons. The van der Waals surface area contributed by atoms with Crippen molar-refractivity contribution in [3.05, 3.63) is 32.0 Å². The molecule has 10 nitrogen and oxygen atoms in total. The maximum Gasteiger partial charge on any atom is 0.348 e. The Labute approximate surface area is 192 Å². The lowest BCUT2D eigenvalue weighted by Gasteiger charge is -2.37. The second-order valence-corrected chi connectivity index (χ2v) is 8.51. The van der Waals surface area contributed by atoms with Gasteiger partial charge >= 0.3 is 5.97 Å². The third-order valence-electron chi connectivity index (χ3n) is 4.85. The molecule has 13 heteroatoms. The summed E-state index contributed by atoms with van der Waals surface area (Å²) in [6.07, 6.45) is 1.47. The number of aromatic carboxylic acids is 1. The van der Waals surface area contributed by atoms with Gasteiger partial charge in [-0.1, -0.05) is 39.7 Å². The smallest absolute Gasteiger partial charge is 0.348 e. The average molecular weight is 490 g/mol. The van der Waals surface area contributed by atoms with E-state index in [-0.39, 0.29) is 39.3 Å². The first-order chi connectivity index (χ1) is 14.8. The van der Waals surface area contributed by atoms with Crippen molar-refractivity contribution < 1.29 is 24.3 Å². The quantitative estimate of drug-likeness (QED) is 0.402. The van der Waals surface area contributed by atoms with Crippen LogP contribution in [0.1, 0.15) is 38.0 Å². The van der Waals surface area contributed by atoms with Gasteiger partial charge in [0.25, 0.3) is 5.91 Å². The lowest BCUT2D eigenvalue weighted by Crippen LogP contribution is -2.55. The van der Waals surface area contributed by atoms with E-state index in [0.717, 1.165) is 11.3 Å². The van der Waals surface area contributed by atoms with Crippen LogP contribution in [0, 0.1) is 6.92 Å². The molecule has 1 saturated heterocycles. The summed E-state index contributed by atoms with van der Waals surface area (Å²) in [5.41, 5.74) is 1.03. The zero-order chi connectivity index (χ0) is 22.7. The van der Waals surface area contributed by atoms with E-state index in [2.05, 4.69) is 25.3 Å². The number of oxime groups is 1. The molecule has 1 amide bonds. The van der Waals surface area contributed by atoms with Crippen molar-refractivity contribution in [3.8, 4) is 0 Å². The van der Waals surface area contributed by atoms with Crippen molar-refractivity contribution in [1.82, 2.24) is 15.3 Å². The molecule has 0 bridgehead atoms. The van der Waals surface area contributed by atoms with Gasteiger partial charge in [0.1, 0.15) is 23.4 Å². The van der Waals surface area contributed by atoms with Crippen molar-refractivity contribution >= 4 is 57.8 Å². The van der Waals surface area contributed by atoms with Crippen LogP contribution in [0.15, 0.2) is 5.16 Å². The average Bonchev–Trinajstić information content (AvgIpc) is 3.29. The minimum absolute atomic E-state index is 0.0637. The van der Waals surface area contributed by atoms with Crippen LogP contribution in [0.4, 0.5) is 5.13 Å². The highest BCUT2D eigenvalue weighted by Gasteiger charge is 2.33. The van der Waals surface area contributed by atoms with E-state index in [9.17, 15) is 14.7 Å². The number of hydrogen-bond donors (Lipinski definition) is 3. The van der Waals surface area contributed by atoms with Crippen LogP contribution in [0.3, 0.4) is 0 Å². The molecule has 3 rings (SSSR count). The van der Waals surface area contributed by atoms with E-state index in [4.69, 9.17) is 27.9 Å². The number of aromatic nitrogens is 2. The Morgan fingerprint density at radius 2 is 2.13 bits per heavy atom. The third-order valence-corrected chi connectivity index (χ3v) is 6.91. The monoisotopic (exact) mass is 489 g/mol. The molecule has 0 saturated carbocycles. The topological polar surface area (TPSA) is 129 Å². The van der Waals surface area contributed by atoms with E-state index in [1.807, 2.05) is 4.90 Å². The van der Waals surface area contributed by atoms with Crippen LogP contribution in [-0.4, -0.2) is 72.6 Å². The highest BCUT2D eigenvalue weighted by Crippen LogP contribution is 2.31. The Balaban J connectivity index is 1.73. The predicted octanol–water partition coefficient (Wildman–Crippen LogP) is 2.79. The molecule has 2 aromatic rings. The number of carbonyl (C=O) groups is 2. The number of carboxylic acid groups (broad SMARTS) is 1. The zero-order valence-corrected chi connectivity index (χ0v) is 19.3. The van der Waals surface area contributed by atoms with E-state index in [0.29, 0.717) is 35.4 Å². The van der Waals surface area contributed by atoms with Gasteiger partial charge in [0.05, 0.1) is 28.4 Å². The molecular weight excluding hydrogens is 469 g/mol. The number of nitrogens with one attached hydrogen (secondary N) is 2. The van der Waals surface area contributed by atoms with Crippen molar-refractivity contribution in [2.24, 2.45) is 5.16 Å². The highest BCUT2D eigenvalue weighted by atomic mass is 35.5. The summed E-state index contributed by atoms with van der Waals surface area (Å²) in [5, 5.41) is 17.0. The molecule has 0 aromatic carbocycles. The molecule has 31 heavy (non-hydrogen) atoms. The number of anilines is 1. The number of amides is 1. The molecule has 0 radical (unpaired) electrons. The van der Waals surface area contributed by atoms with E-state index < -0.39 is 5.97 Å². The highest BCUT2D eigenvalue weighted by molar-refractivity contribution is 7.17. The summed E-state index contributed by atoms with van der Waals surface area (Å²) in [6, 6.07) is -0.277. The van der Waals surface area contributed by atoms with E-state index in [1.165, 1.54) is 13.3 Å². The first-order valence-electron chi connectivity index (χ1n) is 9.19. The fourth-order valence-electron chi connectivity index (χ4n) is 3.26. The van der Waals surface area contributed by atoms with Crippen LogP contribution in [0.5, 0.6) is 0 Å². The SMILES string of the molecule is CO/N=C/c1nc(N2CCC(NC(=O)c3[nH]c(C)c(Cl)c3Cl)C(OC)C2)sc1C(=O)O. The second-order valence-electron chi connectivity index (χ2n) is 6.77. The lowest BCUT2D eigenvalue weighted by molar-refractivity contribution is 0.0540. The fraction of sp³-hybridized carbons (Fsp3) is 0.444. The normalized spacial score (nSPS) is 19.1. The minimum Gasteiger partial charge on any atom is -0.477 e. The van der Waals surface area contributed by atoms with Gasteiger partial charge < -0.3 is 29.9 Å². The number of carboxylic acids is 1. The van der Waals surface area contributed by atoms with Gasteiger partial charge in [0, 0.05) is 25.9 Å². The molecule has 3 N–H and O–H groups in total. The Morgan fingerprint density at radius 1 is 1.39 bits per heavy atom. The van der Waals surface area contributed by atoms with Gasteiger partial charge in [0.2, 0.25) is 0 Å². The largest absolute Gasteiger partial charge is 0.477 e. The first kappa shape index (κ1) is 23.3. The molecular formula is C18H21Cl2N5O5S. The third kappa shape index (κ3) is 4.95. The minimum atomic E-state index is -1.09. The molecule has 1 aliphatic rings. The van der Waals surface area contributed by atoms with Crippen LogP contribution in [0.2, 0.25) is 10.0 Å². The molecule has 2 aromatic heterocycles. The number of aryl methyl sites for hydroxylation is 1. The Kier molecular flexibility index (Phi) is 7.42. The molecule has 3 heterocycles. The standard InChI is InChI=1S/C18H21Cl2N5O5S/c1-8-12(19)13(20)14(22-8)16(26)23-9-4-5-25(7-11(9)29-2)18-24-10(6-21-30-3)15(31-18)17(27)28/h6,9,11,22H,4-5,7H2,1-3H3,(H,23,26)(H,27,28)/b21-6+. The number of H-pyrrole nitrogens is 1. The summed E-state index contributed by atoms with van der Waals surface area (Å²) in [6.45, 7) is 2.68. The van der Waals surface area contributed by atoms with E-state index in [1.54, 1.807) is 14.0 Å². The summed E-state index contributed by atoms with van der Waals surface area (Å²) in [7, 11) is 2.92. The number of ether oxygens (including phenoxy) is 1. The Hall–Kier alpha value is -2.34. The molecule has 0 aliphatic carbocycles. The number of aromatic amines is 1. The summed E-state index contributed by atoms with van der Waals surface area (Å²) in [5.74, 6) is -1.47. The molecule has 0 spiro atoms. The maximum absolute atomic E-state index is 12.7. The maximum atomic E-state index is 12.7. The lowest BCUT2D eigenvalue weighted by atomic mass is 10.0. The number of thiazole rings is 1. The first-order valence-corrected chi connectivity index (χ1v) is 10.8. The Morgan fingerprint density at radius 3 is 2.71 bits per heavy atom. The van der Waals surface area contributed by atoms with Crippen LogP contribution < -0.4 is 10.2 Å². The van der Waals surface area contributed by atoms with Crippen LogP contribution in [-0.2, 0) is 9.57 Å². The number of rotatable bonds is 7. The van der Waals surface area contributed by atoms with Crippen molar-refractivity contribution in [3.63, 3.8) is 0 Å². The number of halogens is 2. The van der Waals surface area contributed by atoms with Crippen LogP contribution >= 0.6 is 34.5 Å². The molecule has 1 aliphatic heterocycles. The Bertz CT molecular complexity index is 1010. The van der Waals surface area contributed by atoms with Gasteiger partial charge in [-0.05, 0) is 13.3 Å². The summed E-state index contributed by atoms with van der Waals surface area (Å²) in [4.78, 5) is 38.1. The fourth-order valence-corrected chi connectivity index (χ4v) is 4.59. The second kappa shape index (κ2) is 9.86. The van der Waals surface area contributed by atoms with Gasteiger partial charge in [-0.2, -0.15) is 0 Å². The number of piperidine rings is 1. The number of hydrogen-bond acceptors (Lipinski definition) is 8. The number of nitrogens with zero attached hydrogens (tertiary/aromatic N) is 3. The van der Waals surface area contributed by atoms with Crippen molar-refractivity contribution in [1.29, 1.82) is 0 Å². The van der Waals surface area contributed by atoms with Gasteiger partial charge in [-0.25, -0.2) is 9.78 Å². The van der Waals surface area contributed by atoms with E-state index >= 15 is 0 Å². The van der Waals surface area contributed by atoms with Gasteiger partial charge in [-0.15, -0.1) is 0 Å². The summed E-state index contributed by atoms with van der Waals surface area (Å²) < 4.78 is 5.59. The summed E-state index contributed by atoms with van der Waals surface area (Å²) >= 11 is 13.2. The molecule has 1 fully saturated rings. The molecule has 2 unspecified atom stereocenters. The number of methoxy groups -OCH3 is 1. The van der Waals surface area contributed by atoms with Gasteiger partial charge in [0.15, 0.2) is 5.13 Å². The van der Waals surface area contributed by atoms with Crippen molar-refractivity contribution in [2.45, 2.75) is 25.5 Å².